The quantitative estimate of drug-likeness (QED) is 0.620. The average molecular weight is 414 g/mol. The number of hydrogen-bond donors (Lipinski definition) is 1. The number of allylic oxidation sites excluding steroid dienone is 2. The zero-order valence-corrected chi connectivity index (χ0v) is 17.5. The van der Waals surface area contributed by atoms with Crippen molar-refractivity contribution in [2.75, 3.05) is 0 Å². The van der Waals surface area contributed by atoms with Gasteiger partial charge in [-0.15, -0.1) is 0 Å². The molecule has 1 aromatic carbocycles. The first-order chi connectivity index (χ1) is 14.9. The number of pyridine rings is 1. The summed E-state index contributed by atoms with van der Waals surface area (Å²) < 4.78 is 15.6. The minimum Gasteiger partial charge on any atom is -0.511 e. The Morgan fingerprint density at radius 2 is 1.90 bits per heavy atom. The lowest BCUT2D eigenvalue weighted by atomic mass is 9.57. The molecular formula is C25H23FN4O. The second-order valence-corrected chi connectivity index (χ2v) is 8.80. The van der Waals surface area contributed by atoms with E-state index in [-0.39, 0.29) is 28.8 Å². The summed E-state index contributed by atoms with van der Waals surface area (Å²) in [6.45, 7) is 4.16. The first-order valence-electron chi connectivity index (χ1n) is 10.5. The van der Waals surface area contributed by atoms with Crippen molar-refractivity contribution in [3.05, 3.63) is 77.2 Å². The van der Waals surface area contributed by atoms with E-state index in [2.05, 4.69) is 18.0 Å². The third-order valence-corrected chi connectivity index (χ3v) is 7.10. The van der Waals surface area contributed by atoms with Gasteiger partial charge in [-0.25, -0.2) is 9.07 Å². The summed E-state index contributed by atoms with van der Waals surface area (Å²) in [6.07, 6.45) is 5.63. The van der Waals surface area contributed by atoms with Gasteiger partial charge in [0.1, 0.15) is 11.6 Å². The van der Waals surface area contributed by atoms with Crippen LogP contribution in [0.15, 0.2) is 60.1 Å². The van der Waals surface area contributed by atoms with Crippen molar-refractivity contribution in [3.8, 4) is 23.0 Å². The van der Waals surface area contributed by atoms with Crippen molar-refractivity contribution >= 4 is 0 Å². The van der Waals surface area contributed by atoms with Crippen LogP contribution in [0, 0.1) is 29.0 Å². The topological polar surface area (TPSA) is 74.7 Å². The summed E-state index contributed by atoms with van der Waals surface area (Å²) in [7, 11) is 0. The first-order valence-corrected chi connectivity index (χ1v) is 10.5. The Hall–Kier alpha value is -3.46. The fourth-order valence-corrected chi connectivity index (χ4v) is 5.55. The Balaban J connectivity index is 1.76. The highest BCUT2D eigenvalue weighted by molar-refractivity contribution is 5.68. The van der Waals surface area contributed by atoms with Crippen molar-refractivity contribution in [1.82, 2.24) is 14.8 Å². The van der Waals surface area contributed by atoms with Crippen LogP contribution in [0.1, 0.15) is 37.9 Å². The molecule has 2 aliphatic rings. The van der Waals surface area contributed by atoms with Crippen LogP contribution in [0.3, 0.4) is 0 Å². The molecule has 0 amide bonds. The molecule has 0 saturated carbocycles. The van der Waals surface area contributed by atoms with E-state index in [1.165, 1.54) is 12.1 Å². The molecule has 0 aliphatic heterocycles. The second kappa shape index (κ2) is 7.05. The van der Waals surface area contributed by atoms with Crippen molar-refractivity contribution in [2.45, 2.75) is 38.5 Å². The Morgan fingerprint density at radius 1 is 1.19 bits per heavy atom. The Kier molecular flexibility index (Phi) is 4.44. The molecular weight excluding hydrogens is 391 g/mol. The van der Waals surface area contributed by atoms with Crippen molar-refractivity contribution in [2.24, 2.45) is 11.8 Å². The van der Waals surface area contributed by atoms with Gasteiger partial charge in [0, 0.05) is 34.9 Å². The van der Waals surface area contributed by atoms with Crippen LogP contribution in [-0.4, -0.2) is 19.9 Å². The summed E-state index contributed by atoms with van der Waals surface area (Å²) in [5.74, 6) is 0.0432. The van der Waals surface area contributed by atoms with Crippen molar-refractivity contribution < 1.29 is 9.50 Å². The van der Waals surface area contributed by atoms with Crippen molar-refractivity contribution in [3.63, 3.8) is 0 Å². The molecule has 31 heavy (non-hydrogen) atoms. The van der Waals surface area contributed by atoms with Gasteiger partial charge in [0.15, 0.2) is 0 Å². The highest BCUT2D eigenvalue weighted by Crippen LogP contribution is 2.54. The highest BCUT2D eigenvalue weighted by atomic mass is 19.1. The van der Waals surface area contributed by atoms with Gasteiger partial charge < -0.3 is 5.11 Å². The van der Waals surface area contributed by atoms with E-state index in [4.69, 9.17) is 5.10 Å². The lowest BCUT2D eigenvalue weighted by Crippen LogP contribution is -2.44. The van der Waals surface area contributed by atoms with E-state index in [1.54, 1.807) is 24.5 Å². The molecule has 2 aromatic heterocycles. The van der Waals surface area contributed by atoms with Crippen LogP contribution in [0.2, 0.25) is 0 Å². The molecule has 3 atom stereocenters. The molecule has 5 rings (SSSR count). The minimum atomic E-state index is -0.364. The van der Waals surface area contributed by atoms with Gasteiger partial charge in [0.2, 0.25) is 0 Å². The minimum absolute atomic E-state index is 0.0955. The number of nitrogens with zero attached hydrogens (tertiary/aromatic N) is 4. The van der Waals surface area contributed by atoms with E-state index in [1.807, 2.05) is 23.7 Å². The monoisotopic (exact) mass is 414 g/mol. The van der Waals surface area contributed by atoms with E-state index in [0.717, 1.165) is 41.0 Å². The van der Waals surface area contributed by atoms with Crippen LogP contribution in [0.5, 0.6) is 0 Å². The molecule has 0 bridgehead atoms. The summed E-state index contributed by atoms with van der Waals surface area (Å²) in [5.41, 5.74) is 4.91. The van der Waals surface area contributed by atoms with Gasteiger partial charge in [-0.05, 0) is 61.6 Å². The van der Waals surface area contributed by atoms with Gasteiger partial charge in [0.25, 0.3) is 0 Å². The van der Waals surface area contributed by atoms with Crippen molar-refractivity contribution in [1.29, 1.82) is 5.26 Å². The maximum atomic E-state index is 13.6. The third kappa shape index (κ3) is 2.88. The van der Waals surface area contributed by atoms with E-state index in [0.29, 0.717) is 12.0 Å². The second-order valence-electron chi connectivity index (χ2n) is 8.80. The predicted molar refractivity (Wildman–Crippen MR) is 115 cm³/mol. The van der Waals surface area contributed by atoms with Crippen LogP contribution in [0.4, 0.5) is 4.39 Å². The predicted octanol–water partition coefficient (Wildman–Crippen LogP) is 5.27. The number of aromatic nitrogens is 3. The Bertz CT molecular complexity index is 1220. The van der Waals surface area contributed by atoms with E-state index >= 15 is 0 Å². The Morgan fingerprint density at radius 3 is 2.58 bits per heavy atom. The molecule has 0 saturated heterocycles. The lowest BCUT2D eigenvalue weighted by molar-refractivity contribution is 0.136. The highest BCUT2D eigenvalue weighted by Gasteiger charge is 2.51. The normalized spacial score (nSPS) is 25.0. The van der Waals surface area contributed by atoms with Crippen LogP contribution >= 0.6 is 0 Å². The van der Waals surface area contributed by atoms with Crippen LogP contribution < -0.4 is 0 Å². The number of nitriles is 1. The zero-order chi connectivity index (χ0) is 21.8. The molecule has 0 spiro atoms. The SMILES string of the molecule is C[C@H]1C(O)=C(C#N)C[C@@]2(C)c3nn(-c4ccncc4)c(-c4ccc(F)cc4)c3CC[C@H]12. The largest absolute Gasteiger partial charge is 0.511 e. The number of fused-ring (bicyclic) bond motifs is 3. The van der Waals surface area contributed by atoms with E-state index < -0.39 is 0 Å². The number of halogens is 1. The fraction of sp³-hybridized carbons (Fsp3) is 0.320. The average Bonchev–Trinajstić information content (AvgIpc) is 3.18. The molecule has 6 heteroatoms. The molecule has 0 radical (unpaired) electrons. The van der Waals surface area contributed by atoms with Gasteiger partial charge >= 0.3 is 0 Å². The standard InChI is InChI=1S/C25H23FN4O/c1-15-21-8-7-20-22(16-3-5-18(26)6-4-16)30(19-9-11-28-12-10-19)29-24(20)25(21,2)13-17(14-27)23(15)31/h3-6,9-12,15,21,31H,7-8,13H2,1-2H3/t15-,21-,25-/m1/s1. The number of hydrogen-bond acceptors (Lipinski definition) is 4. The molecule has 2 heterocycles. The maximum Gasteiger partial charge on any atom is 0.123 e. The summed E-state index contributed by atoms with van der Waals surface area (Å²) in [6, 6.07) is 12.5. The van der Waals surface area contributed by atoms with Gasteiger partial charge in [-0.1, -0.05) is 13.8 Å². The molecule has 3 aromatic rings. The molecule has 2 aliphatic carbocycles. The number of aliphatic hydroxyl groups is 1. The Labute approximate surface area is 180 Å². The molecule has 5 nitrogen and oxygen atoms in total. The third-order valence-electron chi connectivity index (χ3n) is 7.10. The molecule has 156 valence electrons. The van der Waals surface area contributed by atoms with Gasteiger partial charge in [-0.2, -0.15) is 10.4 Å². The van der Waals surface area contributed by atoms with E-state index in [9.17, 15) is 14.8 Å². The smallest absolute Gasteiger partial charge is 0.123 e. The first kappa shape index (κ1) is 19.5. The number of aliphatic hydroxyl groups excluding tert-OH is 1. The molecule has 1 N–H and O–H groups in total. The summed E-state index contributed by atoms with van der Waals surface area (Å²) in [4.78, 5) is 4.12. The van der Waals surface area contributed by atoms with Gasteiger partial charge in [-0.3, -0.25) is 4.98 Å². The fourth-order valence-electron chi connectivity index (χ4n) is 5.55. The van der Waals surface area contributed by atoms with Crippen LogP contribution in [-0.2, 0) is 11.8 Å². The number of rotatable bonds is 2. The zero-order valence-electron chi connectivity index (χ0n) is 17.5. The molecule has 0 fully saturated rings. The molecule has 0 unspecified atom stereocenters. The summed E-state index contributed by atoms with van der Waals surface area (Å²) in [5, 5.41) is 25.3. The lowest BCUT2D eigenvalue weighted by Gasteiger charge is -2.46. The van der Waals surface area contributed by atoms with Gasteiger partial charge in [0.05, 0.1) is 28.7 Å². The summed E-state index contributed by atoms with van der Waals surface area (Å²) >= 11 is 0. The maximum absolute atomic E-state index is 13.6. The van der Waals surface area contributed by atoms with Crippen LogP contribution in [0.25, 0.3) is 16.9 Å². The number of benzene rings is 1.